The molecule has 0 aliphatic carbocycles. The fourth-order valence-electron chi connectivity index (χ4n) is 1.19. The molecule has 0 heterocycles. The first kappa shape index (κ1) is 21.0. The zero-order valence-corrected chi connectivity index (χ0v) is 9.28. The summed E-state index contributed by atoms with van der Waals surface area (Å²) in [7, 11) is 0. The van der Waals surface area contributed by atoms with Crippen LogP contribution in [0.1, 0.15) is 0 Å². The summed E-state index contributed by atoms with van der Waals surface area (Å²) >= 11 is 0. The molecule has 0 radical (unpaired) electrons. The third kappa shape index (κ3) is 2.78. The second kappa shape index (κ2) is 4.99. The molecule has 134 valence electrons. The fraction of sp³-hybridized carbons (Fsp3) is 1.00. The highest BCUT2D eigenvalue weighted by molar-refractivity contribution is 5.13. The van der Waals surface area contributed by atoms with Gasteiger partial charge < -0.3 is 5.11 Å². The third-order valence-electron chi connectivity index (χ3n) is 2.37. The van der Waals surface area contributed by atoms with Gasteiger partial charge in [-0.2, -0.15) is 52.7 Å². The van der Waals surface area contributed by atoms with Crippen molar-refractivity contribution in [2.75, 3.05) is 0 Å². The maximum Gasteiger partial charge on any atom is 0.430 e. The van der Waals surface area contributed by atoms with E-state index < -0.39 is 42.1 Å². The first-order valence-corrected chi connectivity index (χ1v) is 4.46. The first-order chi connectivity index (χ1) is 9.15. The van der Waals surface area contributed by atoms with Gasteiger partial charge in [0.25, 0.3) is 11.3 Å². The summed E-state index contributed by atoms with van der Waals surface area (Å²) in [5.74, 6) is 0. The Balaban J connectivity index is 6.54. The van der Waals surface area contributed by atoms with Crippen LogP contribution in [0, 0.1) is 0 Å². The van der Waals surface area contributed by atoms with Crippen LogP contribution in [0.25, 0.3) is 0 Å². The molecule has 0 aliphatic heterocycles. The first-order valence-electron chi connectivity index (χ1n) is 4.46. The Labute approximate surface area is 110 Å². The van der Waals surface area contributed by atoms with Gasteiger partial charge in [-0.1, -0.05) is 0 Å². The van der Waals surface area contributed by atoms with Crippen LogP contribution < -0.4 is 5.11 Å². The van der Waals surface area contributed by atoms with Crippen LogP contribution in [0.5, 0.6) is 0 Å². The van der Waals surface area contributed by atoms with E-state index in [0.29, 0.717) is 0 Å². The quantitative estimate of drug-likeness (QED) is 0.687. The summed E-state index contributed by atoms with van der Waals surface area (Å²) < 4.78 is 169. The highest BCUT2D eigenvalue weighted by Gasteiger charge is 2.84. The topological polar surface area (TPSA) is 23.1 Å². The zero-order chi connectivity index (χ0) is 18.6. The lowest BCUT2D eigenvalue weighted by Gasteiger charge is -2.48. The molecule has 0 N–H and O–H groups in total. The van der Waals surface area contributed by atoms with Gasteiger partial charge in [0.2, 0.25) is 0 Å². The molecule has 0 saturated heterocycles. The monoisotopic (exact) mass is 367 g/mol. The molecule has 0 rings (SSSR count). The van der Waals surface area contributed by atoms with Gasteiger partial charge in [0.1, 0.15) is 0 Å². The van der Waals surface area contributed by atoms with Crippen molar-refractivity contribution in [2.24, 2.45) is 0 Å². The highest BCUT2D eigenvalue weighted by Crippen LogP contribution is 2.57. The smallest absolute Gasteiger partial charge is 0.430 e. The highest BCUT2D eigenvalue weighted by atomic mass is 19.4. The molecule has 22 heavy (non-hydrogen) atoms. The van der Waals surface area contributed by atoms with Crippen molar-refractivity contribution in [1.82, 2.24) is 0 Å². The van der Waals surface area contributed by atoms with E-state index in [9.17, 15) is 66.6 Å². The molecule has 15 heteroatoms. The largest absolute Gasteiger partial charge is 0.846 e. The summed E-state index contributed by atoms with van der Waals surface area (Å²) in [4.78, 5) is 0. The number of halogens is 14. The lowest BCUT2D eigenvalue weighted by molar-refractivity contribution is -0.555. The Bertz CT molecular complexity index is 329. The van der Waals surface area contributed by atoms with Crippen LogP contribution >= 0.6 is 0 Å². The average Bonchev–Trinajstić information content (AvgIpc) is 2.19. The van der Waals surface area contributed by atoms with E-state index in [4.69, 9.17) is 0 Å². The number of hydrogen-bond acceptors (Lipinski definition) is 1. The van der Waals surface area contributed by atoms with Crippen LogP contribution in [-0.4, -0.2) is 42.1 Å². The Kier molecular flexibility index (Phi) is 4.76. The molecule has 1 nitrogen and oxygen atoms in total. The molecule has 0 aromatic rings. The Morgan fingerprint density at radius 1 is 0.409 bits per heavy atom. The maximum atomic E-state index is 13.0. The molecule has 0 saturated carbocycles. The van der Waals surface area contributed by atoms with E-state index in [-0.39, 0.29) is 0 Å². The van der Waals surface area contributed by atoms with Crippen LogP contribution in [0.2, 0.25) is 0 Å². The normalized spacial score (nSPS) is 16.4. The molecular weight excluding hydrogens is 366 g/mol. The average molecular weight is 367 g/mol. The van der Waals surface area contributed by atoms with E-state index in [0.717, 1.165) is 0 Å². The van der Waals surface area contributed by atoms with Crippen molar-refractivity contribution in [2.45, 2.75) is 42.1 Å². The van der Waals surface area contributed by atoms with Crippen LogP contribution in [0.15, 0.2) is 0 Å². The predicted octanol–water partition coefficient (Wildman–Crippen LogP) is 3.38. The predicted molar refractivity (Wildman–Crippen MR) is 35.7 cm³/mol. The van der Waals surface area contributed by atoms with Crippen molar-refractivity contribution in [3.63, 3.8) is 0 Å². The van der Waals surface area contributed by atoms with Gasteiger partial charge >= 0.3 is 24.7 Å². The standard InChI is InChI=1S/C7HF14O/c8-2(4(10,11)12,5(13,14)15)1(22)3(9,6(16,17)18)7(19,20)21/h1H/q-1. The van der Waals surface area contributed by atoms with E-state index >= 15 is 0 Å². The van der Waals surface area contributed by atoms with E-state index in [2.05, 4.69) is 0 Å². The van der Waals surface area contributed by atoms with Crippen molar-refractivity contribution in [3.8, 4) is 0 Å². The van der Waals surface area contributed by atoms with Crippen molar-refractivity contribution in [1.29, 1.82) is 0 Å². The van der Waals surface area contributed by atoms with Gasteiger partial charge in [-0.15, -0.1) is 0 Å². The molecule has 0 fully saturated rings. The molecule has 0 bridgehead atoms. The fourth-order valence-corrected chi connectivity index (χ4v) is 1.19. The maximum absolute atomic E-state index is 13.0. The van der Waals surface area contributed by atoms with Crippen LogP contribution in [-0.2, 0) is 0 Å². The molecule has 0 aromatic carbocycles. The van der Waals surface area contributed by atoms with E-state index in [1.807, 2.05) is 0 Å². The molecular formula is C7HF14O-. The molecule has 0 aliphatic rings. The minimum atomic E-state index is -7.64. The number of rotatable bonds is 2. The summed E-state index contributed by atoms with van der Waals surface area (Å²) in [5.41, 5.74) is -15.3. The van der Waals surface area contributed by atoms with Crippen molar-refractivity contribution < 1.29 is 66.6 Å². The minimum Gasteiger partial charge on any atom is -0.846 e. The Morgan fingerprint density at radius 2 is 0.545 bits per heavy atom. The molecule has 0 amide bonds. The van der Waals surface area contributed by atoms with Gasteiger partial charge in [-0.05, 0) is 6.10 Å². The lowest BCUT2D eigenvalue weighted by atomic mass is 9.83. The number of hydrogen-bond donors (Lipinski definition) is 0. The molecule has 0 spiro atoms. The van der Waals surface area contributed by atoms with Crippen LogP contribution in [0.3, 0.4) is 0 Å². The summed E-state index contributed by atoms with van der Waals surface area (Å²) in [6.45, 7) is 0. The molecule has 0 unspecified atom stereocenters. The Hall–Kier alpha value is -1.02. The number of alkyl halides is 14. The van der Waals surface area contributed by atoms with Gasteiger partial charge in [-0.3, -0.25) is 0 Å². The third-order valence-corrected chi connectivity index (χ3v) is 2.37. The van der Waals surface area contributed by atoms with E-state index in [1.54, 1.807) is 0 Å². The van der Waals surface area contributed by atoms with Crippen LogP contribution in [0.4, 0.5) is 61.5 Å². The molecule has 0 atom stereocenters. The van der Waals surface area contributed by atoms with Crippen molar-refractivity contribution >= 4 is 0 Å². The summed E-state index contributed by atoms with van der Waals surface area (Å²) in [6.07, 6.45) is -36.9. The van der Waals surface area contributed by atoms with E-state index in [1.165, 1.54) is 0 Å². The van der Waals surface area contributed by atoms with Gasteiger partial charge in [0.15, 0.2) is 0 Å². The zero-order valence-electron chi connectivity index (χ0n) is 9.28. The van der Waals surface area contributed by atoms with Crippen molar-refractivity contribution in [3.05, 3.63) is 0 Å². The SMILES string of the molecule is [O-]C(C(F)(C(F)(F)F)C(F)(F)F)C(F)(C(F)(F)F)C(F)(F)F. The second-order valence-electron chi connectivity index (χ2n) is 3.79. The van der Waals surface area contributed by atoms with Gasteiger partial charge in [-0.25, -0.2) is 8.78 Å². The Morgan fingerprint density at radius 3 is 0.636 bits per heavy atom. The molecule has 0 aromatic heterocycles. The van der Waals surface area contributed by atoms with Gasteiger partial charge in [0.05, 0.1) is 0 Å². The second-order valence-corrected chi connectivity index (χ2v) is 3.79. The lowest BCUT2D eigenvalue weighted by Crippen LogP contribution is -2.77. The summed E-state index contributed by atoms with van der Waals surface area (Å²) in [6, 6.07) is 0. The van der Waals surface area contributed by atoms with Gasteiger partial charge in [0, 0.05) is 0 Å². The minimum absolute atomic E-state index is 6.49. The summed E-state index contributed by atoms with van der Waals surface area (Å²) in [5, 5.41) is 10.5.